The van der Waals surface area contributed by atoms with Crippen LogP contribution in [0.25, 0.3) is 0 Å². The zero-order valence-corrected chi connectivity index (χ0v) is 18.9. The van der Waals surface area contributed by atoms with Gasteiger partial charge in [-0.05, 0) is 36.4 Å². The Morgan fingerprint density at radius 1 is 0.613 bits per heavy atom. The van der Waals surface area contributed by atoms with Gasteiger partial charge in [-0.1, -0.05) is 76.7 Å². The fourth-order valence-electron chi connectivity index (χ4n) is 2.64. The predicted octanol–water partition coefficient (Wildman–Crippen LogP) is 6.32. The molecule has 0 N–H and O–H groups in total. The first-order valence-electron chi connectivity index (χ1n) is 8.93. The summed E-state index contributed by atoms with van der Waals surface area (Å²) in [6.07, 6.45) is 0. The molecular weight excluding hydrogens is 484 g/mol. The number of halogens is 4. The summed E-state index contributed by atoms with van der Waals surface area (Å²) in [4.78, 5) is 26.8. The Balaban J connectivity index is 1.78. The molecule has 0 spiro atoms. The number of hydrogen-bond acceptors (Lipinski definition) is 4. The van der Waals surface area contributed by atoms with Gasteiger partial charge < -0.3 is 9.47 Å². The van der Waals surface area contributed by atoms with E-state index in [0.717, 1.165) is 4.90 Å². The molecule has 0 aliphatic rings. The second kappa shape index (κ2) is 10.7. The van der Waals surface area contributed by atoms with Gasteiger partial charge in [-0.2, -0.15) is 0 Å². The van der Waals surface area contributed by atoms with Crippen LogP contribution in [0, 0.1) is 0 Å². The van der Waals surface area contributed by atoms with E-state index in [1.54, 1.807) is 66.7 Å². The van der Waals surface area contributed by atoms with Gasteiger partial charge >= 0.3 is 0 Å². The van der Waals surface area contributed by atoms with Crippen molar-refractivity contribution in [2.45, 2.75) is 0 Å². The molecule has 5 nitrogen and oxygen atoms in total. The third-order valence-corrected chi connectivity index (χ3v) is 5.22. The molecule has 0 fully saturated rings. The van der Waals surface area contributed by atoms with Crippen molar-refractivity contribution in [1.29, 1.82) is 0 Å². The predicted molar refractivity (Wildman–Crippen MR) is 123 cm³/mol. The molecule has 0 unspecified atom stereocenters. The Hall–Kier alpha value is -2.44. The van der Waals surface area contributed by atoms with Crippen LogP contribution in [-0.2, 0) is 9.59 Å². The van der Waals surface area contributed by atoms with Crippen LogP contribution in [0.5, 0.6) is 11.5 Å². The minimum absolute atomic E-state index is 0.152. The summed E-state index contributed by atoms with van der Waals surface area (Å²) in [5.41, 5.74) is 0.347. The fraction of sp³-hybridized carbons (Fsp3) is 0.0909. The molecule has 9 heteroatoms. The van der Waals surface area contributed by atoms with Gasteiger partial charge in [0.1, 0.15) is 0 Å². The molecule has 3 rings (SSSR count). The molecule has 0 aliphatic carbocycles. The number of amides is 2. The molecule has 0 aromatic heterocycles. The van der Waals surface area contributed by atoms with Gasteiger partial charge in [0.05, 0.1) is 25.8 Å². The van der Waals surface area contributed by atoms with Crippen molar-refractivity contribution in [2.75, 3.05) is 18.1 Å². The van der Waals surface area contributed by atoms with E-state index < -0.39 is 25.0 Å². The van der Waals surface area contributed by atoms with Crippen LogP contribution < -0.4 is 14.4 Å². The number of benzene rings is 3. The number of para-hydroxylation sites is 3. The lowest BCUT2D eigenvalue weighted by molar-refractivity contribution is -0.128. The van der Waals surface area contributed by atoms with Crippen molar-refractivity contribution in [3.8, 4) is 11.5 Å². The standard InChI is InChI=1S/C22H15Cl4NO4/c23-15-8-4-9-16(24)21(15)30-12-19(28)27(14-6-2-1-3-7-14)20(29)13-31-22-17(25)10-5-11-18(22)26/h1-11H,12-13H2. The van der Waals surface area contributed by atoms with Crippen molar-refractivity contribution < 1.29 is 19.1 Å². The minimum atomic E-state index is -0.638. The van der Waals surface area contributed by atoms with Gasteiger partial charge in [0.25, 0.3) is 11.8 Å². The first kappa shape index (κ1) is 23.2. The zero-order valence-electron chi connectivity index (χ0n) is 15.9. The third kappa shape index (κ3) is 5.83. The van der Waals surface area contributed by atoms with E-state index in [4.69, 9.17) is 55.9 Å². The van der Waals surface area contributed by atoms with Crippen molar-refractivity contribution in [3.63, 3.8) is 0 Å². The largest absolute Gasteiger partial charge is 0.481 e. The summed E-state index contributed by atoms with van der Waals surface area (Å²) in [5, 5.41) is 0.980. The highest BCUT2D eigenvalue weighted by Gasteiger charge is 2.25. The van der Waals surface area contributed by atoms with Crippen molar-refractivity contribution >= 4 is 63.9 Å². The molecule has 3 aromatic carbocycles. The summed E-state index contributed by atoms with van der Waals surface area (Å²) in [6, 6.07) is 18.0. The highest BCUT2D eigenvalue weighted by Crippen LogP contribution is 2.33. The topological polar surface area (TPSA) is 55.8 Å². The van der Waals surface area contributed by atoms with E-state index in [-0.39, 0.29) is 31.6 Å². The van der Waals surface area contributed by atoms with E-state index in [1.807, 2.05) is 0 Å². The van der Waals surface area contributed by atoms with Crippen molar-refractivity contribution in [1.82, 2.24) is 0 Å². The Kier molecular flexibility index (Phi) is 8.04. The maximum absolute atomic E-state index is 12.9. The summed E-state index contributed by atoms with van der Waals surface area (Å²) in [5.74, 6) is -0.973. The fourth-order valence-corrected chi connectivity index (χ4v) is 3.65. The van der Waals surface area contributed by atoms with Gasteiger partial charge in [-0.15, -0.1) is 0 Å². The number of imide groups is 1. The maximum Gasteiger partial charge on any atom is 0.271 e. The Morgan fingerprint density at radius 2 is 1.00 bits per heavy atom. The van der Waals surface area contributed by atoms with Crippen LogP contribution in [0.2, 0.25) is 20.1 Å². The molecule has 160 valence electrons. The second-order valence-electron chi connectivity index (χ2n) is 6.14. The van der Waals surface area contributed by atoms with E-state index in [9.17, 15) is 9.59 Å². The van der Waals surface area contributed by atoms with Gasteiger partial charge in [0.15, 0.2) is 24.7 Å². The van der Waals surface area contributed by atoms with Crippen LogP contribution >= 0.6 is 46.4 Å². The van der Waals surface area contributed by atoms with Crippen LogP contribution in [0.4, 0.5) is 5.69 Å². The van der Waals surface area contributed by atoms with Crippen molar-refractivity contribution in [3.05, 3.63) is 86.8 Å². The van der Waals surface area contributed by atoms with E-state index >= 15 is 0 Å². The number of hydrogen-bond donors (Lipinski definition) is 0. The summed E-state index contributed by atoms with van der Waals surface area (Å²) in [7, 11) is 0. The lowest BCUT2D eigenvalue weighted by Gasteiger charge is -2.22. The van der Waals surface area contributed by atoms with Crippen LogP contribution in [0.3, 0.4) is 0 Å². The number of carbonyl (C=O) groups excluding carboxylic acids is 2. The molecular formula is C22H15Cl4NO4. The molecule has 0 saturated heterocycles. The average Bonchev–Trinajstić information content (AvgIpc) is 2.74. The third-order valence-electron chi connectivity index (χ3n) is 4.03. The Morgan fingerprint density at radius 3 is 1.39 bits per heavy atom. The molecule has 0 aliphatic heterocycles. The summed E-state index contributed by atoms with van der Waals surface area (Å²) >= 11 is 24.3. The number of nitrogens with zero attached hydrogens (tertiary/aromatic N) is 1. The first-order valence-corrected chi connectivity index (χ1v) is 10.4. The molecule has 0 bridgehead atoms. The molecule has 3 aromatic rings. The Labute approximate surface area is 199 Å². The van der Waals surface area contributed by atoms with Crippen molar-refractivity contribution in [2.24, 2.45) is 0 Å². The molecule has 0 heterocycles. The SMILES string of the molecule is O=C(COc1c(Cl)cccc1Cl)N(C(=O)COc1c(Cl)cccc1Cl)c1ccccc1. The van der Waals surface area contributed by atoms with Gasteiger partial charge in [0.2, 0.25) is 0 Å². The summed E-state index contributed by atoms with van der Waals surface area (Å²) in [6.45, 7) is -0.951. The van der Waals surface area contributed by atoms with E-state index in [0.29, 0.717) is 5.69 Å². The second-order valence-corrected chi connectivity index (χ2v) is 7.77. The summed E-state index contributed by atoms with van der Waals surface area (Å²) < 4.78 is 11.0. The number of carbonyl (C=O) groups is 2. The molecule has 0 atom stereocenters. The van der Waals surface area contributed by atoms with Gasteiger partial charge in [-0.3, -0.25) is 9.59 Å². The monoisotopic (exact) mass is 497 g/mol. The van der Waals surface area contributed by atoms with E-state index in [1.165, 1.54) is 0 Å². The molecule has 0 saturated carbocycles. The van der Waals surface area contributed by atoms with Gasteiger partial charge in [0, 0.05) is 0 Å². The maximum atomic E-state index is 12.9. The highest BCUT2D eigenvalue weighted by atomic mass is 35.5. The first-order chi connectivity index (χ1) is 14.9. The lowest BCUT2D eigenvalue weighted by Crippen LogP contribution is -2.42. The molecule has 0 radical (unpaired) electrons. The number of ether oxygens (including phenoxy) is 2. The number of anilines is 1. The lowest BCUT2D eigenvalue weighted by atomic mass is 10.2. The van der Waals surface area contributed by atoms with E-state index in [2.05, 4.69) is 0 Å². The quantitative estimate of drug-likeness (QED) is 0.382. The van der Waals surface area contributed by atoms with Crippen LogP contribution in [0.15, 0.2) is 66.7 Å². The highest BCUT2D eigenvalue weighted by molar-refractivity contribution is 6.37. The van der Waals surface area contributed by atoms with Gasteiger partial charge in [-0.25, -0.2) is 4.90 Å². The zero-order chi connectivity index (χ0) is 22.4. The van der Waals surface area contributed by atoms with Crippen LogP contribution in [-0.4, -0.2) is 25.0 Å². The average molecular weight is 499 g/mol. The minimum Gasteiger partial charge on any atom is -0.481 e. The molecule has 2 amide bonds. The normalized spacial score (nSPS) is 10.5. The molecule has 31 heavy (non-hydrogen) atoms. The smallest absolute Gasteiger partial charge is 0.271 e. The Bertz CT molecular complexity index is 984. The van der Waals surface area contributed by atoms with Crippen LogP contribution in [0.1, 0.15) is 0 Å². The number of rotatable bonds is 7.